The highest BCUT2D eigenvalue weighted by Gasteiger charge is 2.17. The summed E-state index contributed by atoms with van der Waals surface area (Å²) >= 11 is 0. The molecule has 0 unspecified atom stereocenters. The number of nitrogens with one attached hydrogen (secondary N) is 3. The molecule has 0 fully saturated rings. The minimum atomic E-state index is -0.397. The van der Waals surface area contributed by atoms with Crippen LogP contribution in [0, 0.1) is 0 Å². The van der Waals surface area contributed by atoms with Gasteiger partial charge in [-0.05, 0) is 18.1 Å². The van der Waals surface area contributed by atoms with Crippen LogP contribution in [0.25, 0.3) is 0 Å². The number of aromatic nitrogens is 3. The van der Waals surface area contributed by atoms with Crippen LogP contribution in [0.3, 0.4) is 0 Å². The molecular weight excluding hydrogens is 270 g/mol. The minimum Gasteiger partial charge on any atom is -0.369 e. The van der Waals surface area contributed by atoms with E-state index >= 15 is 0 Å². The molecular formula is C14H17N5O2. The first-order chi connectivity index (χ1) is 10.2. The van der Waals surface area contributed by atoms with Crippen LogP contribution in [0.4, 0.5) is 5.69 Å². The van der Waals surface area contributed by atoms with E-state index in [0.29, 0.717) is 12.4 Å². The van der Waals surface area contributed by atoms with Crippen molar-refractivity contribution in [1.29, 1.82) is 0 Å². The third kappa shape index (κ3) is 3.13. The van der Waals surface area contributed by atoms with Crippen LogP contribution in [-0.4, -0.2) is 40.7 Å². The number of fused-ring (bicyclic) bond motifs is 1. The summed E-state index contributed by atoms with van der Waals surface area (Å²) in [6, 6.07) is 8.33. The molecule has 0 spiro atoms. The second-order valence-electron chi connectivity index (χ2n) is 5.02. The van der Waals surface area contributed by atoms with Gasteiger partial charge in [-0.3, -0.25) is 9.78 Å². The van der Waals surface area contributed by atoms with E-state index in [9.17, 15) is 9.59 Å². The van der Waals surface area contributed by atoms with Gasteiger partial charge in [0.05, 0.1) is 6.42 Å². The third-order valence-electron chi connectivity index (χ3n) is 3.57. The molecule has 3 N–H and O–H groups in total. The van der Waals surface area contributed by atoms with Crippen molar-refractivity contribution in [2.45, 2.75) is 12.8 Å². The molecule has 0 bridgehead atoms. The van der Waals surface area contributed by atoms with Crippen molar-refractivity contribution >= 4 is 11.6 Å². The van der Waals surface area contributed by atoms with Gasteiger partial charge in [-0.15, -0.1) is 0 Å². The number of aromatic amines is 2. The first kappa shape index (κ1) is 13.4. The zero-order valence-electron chi connectivity index (χ0n) is 11.6. The maximum absolute atomic E-state index is 11.7. The number of anilines is 1. The van der Waals surface area contributed by atoms with E-state index in [1.807, 2.05) is 6.07 Å². The molecule has 1 aliphatic heterocycles. The normalized spacial score (nSPS) is 13.2. The number of para-hydroxylation sites is 1. The van der Waals surface area contributed by atoms with Gasteiger partial charge in [0.25, 0.3) is 0 Å². The molecule has 110 valence electrons. The van der Waals surface area contributed by atoms with Crippen LogP contribution in [0.1, 0.15) is 11.4 Å². The van der Waals surface area contributed by atoms with Gasteiger partial charge in [0, 0.05) is 25.3 Å². The smallest absolute Gasteiger partial charge is 0.340 e. The van der Waals surface area contributed by atoms with E-state index in [1.54, 1.807) is 0 Å². The molecule has 0 saturated heterocycles. The lowest BCUT2D eigenvalue weighted by Crippen LogP contribution is -2.35. The van der Waals surface area contributed by atoms with Gasteiger partial charge in [0.1, 0.15) is 5.82 Å². The number of H-pyrrole nitrogens is 2. The fourth-order valence-electron chi connectivity index (χ4n) is 2.57. The van der Waals surface area contributed by atoms with E-state index < -0.39 is 5.69 Å². The Morgan fingerprint density at radius 1 is 1.38 bits per heavy atom. The Labute approximate surface area is 121 Å². The lowest BCUT2D eigenvalue weighted by molar-refractivity contribution is -0.120. The van der Waals surface area contributed by atoms with E-state index in [0.717, 1.165) is 19.5 Å². The average molecular weight is 287 g/mol. The molecule has 1 aromatic heterocycles. The van der Waals surface area contributed by atoms with E-state index in [-0.39, 0.29) is 12.3 Å². The number of benzene rings is 1. The Hall–Kier alpha value is -2.57. The largest absolute Gasteiger partial charge is 0.369 e. The first-order valence-corrected chi connectivity index (χ1v) is 6.95. The highest BCUT2D eigenvalue weighted by atomic mass is 16.2. The van der Waals surface area contributed by atoms with Crippen molar-refractivity contribution in [2.24, 2.45) is 0 Å². The van der Waals surface area contributed by atoms with E-state index in [4.69, 9.17) is 0 Å². The molecule has 0 aliphatic carbocycles. The molecule has 1 aromatic carbocycles. The molecule has 1 amide bonds. The van der Waals surface area contributed by atoms with E-state index in [2.05, 4.69) is 43.6 Å². The van der Waals surface area contributed by atoms with Crippen molar-refractivity contribution in [3.63, 3.8) is 0 Å². The average Bonchev–Trinajstić information content (AvgIpc) is 3.06. The number of carbonyl (C=O) groups is 1. The summed E-state index contributed by atoms with van der Waals surface area (Å²) in [5.74, 6) is 0.203. The summed E-state index contributed by atoms with van der Waals surface area (Å²) in [4.78, 5) is 27.3. The lowest BCUT2D eigenvalue weighted by Gasteiger charge is -2.19. The minimum absolute atomic E-state index is 0.0787. The van der Waals surface area contributed by atoms with Gasteiger partial charge in [0.15, 0.2) is 0 Å². The second-order valence-corrected chi connectivity index (χ2v) is 5.02. The summed E-state index contributed by atoms with van der Waals surface area (Å²) in [6.45, 7) is 2.34. The Kier molecular flexibility index (Phi) is 3.72. The van der Waals surface area contributed by atoms with Crippen LogP contribution in [-0.2, 0) is 17.6 Å². The van der Waals surface area contributed by atoms with E-state index in [1.165, 1.54) is 11.3 Å². The van der Waals surface area contributed by atoms with Gasteiger partial charge in [-0.2, -0.15) is 5.10 Å². The topological polar surface area (TPSA) is 93.9 Å². The second kappa shape index (κ2) is 5.82. The quantitative estimate of drug-likeness (QED) is 0.711. The number of hydrogen-bond donors (Lipinski definition) is 3. The summed E-state index contributed by atoms with van der Waals surface area (Å²) in [6.07, 6.45) is 1.13. The van der Waals surface area contributed by atoms with Gasteiger partial charge in [0.2, 0.25) is 5.91 Å². The predicted octanol–water partition coefficient (Wildman–Crippen LogP) is -0.181. The van der Waals surface area contributed by atoms with Crippen LogP contribution in [0.15, 0.2) is 29.1 Å². The highest BCUT2D eigenvalue weighted by molar-refractivity contribution is 5.77. The van der Waals surface area contributed by atoms with Crippen LogP contribution in [0.2, 0.25) is 0 Å². The molecule has 1 aliphatic rings. The van der Waals surface area contributed by atoms with Crippen LogP contribution in [0.5, 0.6) is 0 Å². The van der Waals surface area contributed by atoms with Crippen LogP contribution >= 0.6 is 0 Å². The number of rotatable bonds is 5. The highest BCUT2D eigenvalue weighted by Crippen LogP contribution is 2.26. The van der Waals surface area contributed by atoms with Gasteiger partial charge < -0.3 is 10.2 Å². The number of nitrogens with zero attached hydrogens (tertiary/aromatic N) is 2. The van der Waals surface area contributed by atoms with Crippen molar-refractivity contribution in [1.82, 2.24) is 20.5 Å². The standard InChI is InChI=1S/C14H17N5O2/c20-13(9-12-16-14(21)18-17-12)15-6-8-19-7-5-10-3-1-2-4-11(10)19/h1-4H,5-9H2,(H,15,20)(H2,16,17,18,21). The van der Waals surface area contributed by atoms with Crippen molar-refractivity contribution < 1.29 is 4.79 Å². The van der Waals surface area contributed by atoms with Crippen molar-refractivity contribution in [2.75, 3.05) is 24.5 Å². The van der Waals surface area contributed by atoms with Crippen molar-refractivity contribution in [3.05, 3.63) is 46.1 Å². The Morgan fingerprint density at radius 2 is 2.24 bits per heavy atom. The molecule has 0 saturated carbocycles. The number of carbonyl (C=O) groups excluding carboxylic acids is 1. The monoisotopic (exact) mass is 287 g/mol. The summed E-state index contributed by atoms with van der Waals surface area (Å²) < 4.78 is 0. The molecule has 3 rings (SSSR count). The SMILES string of the molecule is O=C(Cc1n[nH]c(=O)[nH]1)NCCN1CCc2ccccc21. The maximum atomic E-state index is 11.7. The molecule has 2 heterocycles. The van der Waals surface area contributed by atoms with Gasteiger partial charge in [-0.1, -0.05) is 18.2 Å². The van der Waals surface area contributed by atoms with Gasteiger partial charge >= 0.3 is 5.69 Å². The molecule has 7 nitrogen and oxygen atoms in total. The molecule has 0 atom stereocenters. The third-order valence-corrected chi connectivity index (χ3v) is 3.57. The predicted molar refractivity (Wildman–Crippen MR) is 78.3 cm³/mol. The zero-order valence-corrected chi connectivity index (χ0v) is 11.6. The number of amides is 1. The Morgan fingerprint density at radius 3 is 3.05 bits per heavy atom. The maximum Gasteiger partial charge on any atom is 0.340 e. The van der Waals surface area contributed by atoms with Gasteiger partial charge in [-0.25, -0.2) is 9.89 Å². The first-order valence-electron chi connectivity index (χ1n) is 6.95. The Bertz CT molecular complexity index is 690. The van der Waals surface area contributed by atoms with Crippen LogP contribution < -0.4 is 15.9 Å². The van der Waals surface area contributed by atoms with Crippen molar-refractivity contribution in [3.8, 4) is 0 Å². The summed E-state index contributed by atoms with van der Waals surface area (Å²) in [5, 5.41) is 8.78. The summed E-state index contributed by atoms with van der Waals surface area (Å²) in [5.41, 5.74) is 2.22. The number of hydrogen-bond acceptors (Lipinski definition) is 4. The lowest BCUT2D eigenvalue weighted by atomic mass is 10.2. The molecule has 0 radical (unpaired) electrons. The molecule has 2 aromatic rings. The Balaban J connectivity index is 1.46. The zero-order chi connectivity index (χ0) is 14.7. The summed E-state index contributed by atoms with van der Waals surface area (Å²) in [7, 11) is 0. The fraction of sp³-hybridized carbons (Fsp3) is 0.357. The molecule has 21 heavy (non-hydrogen) atoms. The fourth-order valence-corrected chi connectivity index (χ4v) is 2.57. The molecule has 7 heteroatoms.